The van der Waals surface area contributed by atoms with E-state index in [9.17, 15) is 0 Å². The summed E-state index contributed by atoms with van der Waals surface area (Å²) in [5, 5.41) is 0. The van der Waals surface area contributed by atoms with Gasteiger partial charge in [-0.3, -0.25) is 0 Å². The van der Waals surface area contributed by atoms with Gasteiger partial charge in [-0.1, -0.05) is 6.08 Å². The summed E-state index contributed by atoms with van der Waals surface area (Å²) < 4.78 is 5.65. The first-order valence-corrected chi connectivity index (χ1v) is 4.27. The van der Waals surface area contributed by atoms with Crippen molar-refractivity contribution in [3.8, 4) is 0 Å². The molecule has 0 amide bonds. The van der Waals surface area contributed by atoms with Gasteiger partial charge in [0.1, 0.15) is 6.23 Å². The third-order valence-corrected chi connectivity index (χ3v) is 2.48. The lowest BCUT2D eigenvalue weighted by Gasteiger charge is -2.34. The zero-order valence-corrected chi connectivity index (χ0v) is 7.21. The minimum Gasteiger partial charge on any atom is -0.356 e. The predicted octanol–water partition coefficient (Wildman–Crippen LogP) is 1.73. The van der Waals surface area contributed by atoms with Crippen LogP contribution in [0.15, 0.2) is 12.3 Å². The molecule has 11 heavy (non-hydrogen) atoms. The smallest absolute Gasteiger partial charge is 0.130 e. The maximum Gasteiger partial charge on any atom is 0.130 e. The molecule has 0 aliphatic carbocycles. The summed E-state index contributed by atoms with van der Waals surface area (Å²) in [4.78, 5) is 2.33. The minimum atomic E-state index is 0.210. The van der Waals surface area contributed by atoms with Gasteiger partial charge in [-0.15, -0.1) is 0 Å². The molecule has 1 unspecified atom stereocenters. The van der Waals surface area contributed by atoms with E-state index in [2.05, 4.69) is 31.0 Å². The van der Waals surface area contributed by atoms with Crippen LogP contribution in [-0.2, 0) is 4.74 Å². The molecular formula is C9H15NO. The van der Waals surface area contributed by atoms with Crippen LogP contribution in [0, 0.1) is 0 Å². The van der Waals surface area contributed by atoms with E-state index in [0.29, 0.717) is 6.23 Å². The van der Waals surface area contributed by atoms with Crippen LogP contribution < -0.4 is 0 Å². The van der Waals surface area contributed by atoms with E-state index < -0.39 is 0 Å². The Kier molecular flexibility index (Phi) is 1.46. The molecule has 2 heterocycles. The van der Waals surface area contributed by atoms with E-state index in [0.717, 1.165) is 19.4 Å². The molecule has 2 aliphatic heterocycles. The van der Waals surface area contributed by atoms with Gasteiger partial charge in [0.05, 0.1) is 12.1 Å². The molecule has 2 rings (SSSR count). The summed E-state index contributed by atoms with van der Waals surface area (Å²) in [7, 11) is 0. The second-order valence-electron chi connectivity index (χ2n) is 3.95. The summed E-state index contributed by atoms with van der Waals surface area (Å²) in [6.45, 7) is 5.31. The summed E-state index contributed by atoms with van der Waals surface area (Å²) in [5.74, 6) is 0. The maximum atomic E-state index is 5.65. The molecule has 0 N–H and O–H groups in total. The highest BCUT2D eigenvalue weighted by atomic mass is 16.5. The Morgan fingerprint density at radius 1 is 1.55 bits per heavy atom. The molecular weight excluding hydrogens is 138 g/mol. The fourth-order valence-corrected chi connectivity index (χ4v) is 1.79. The Morgan fingerprint density at radius 2 is 2.36 bits per heavy atom. The summed E-state index contributed by atoms with van der Waals surface area (Å²) in [6.07, 6.45) is 7.08. The van der Waals surface area contributed by atoms with E-state index in [1.54, 1.807) is 0 Å². The van der Waals surface area contributed by atoms with Gasteiger partial charge in [0, 0.05) is 0 Å². The average molecular weight is 153 g/mol. The standard InChI is InChI=1S/C9H15NO/c1-9(2)7-11-8-5-3-4-6-10(8)9/h4,6,8H,3,5,7H2,1-2H3. The first-order valence-electron chi connectivity index (χ1n) is 4.27. The molecule has 62 valence electrons. The predicted molar refractivity (Wildman–Crippen MR) is 44.0 cm³/mol. The maximum absolute atomic E-state index is 5.65. The fraction of sp³-hybridized carbons (Fsp3) is 0.778. The third kappa shape index (κ3) is 1.06. The molecule has 1 atom stereocenters. The van der Waals surface area contributed by atoms with E-state index in [-0.39, 0.29) is 5.54 Å². The van der Waals surface area contributed by atoms with E-state index in [1.165, 1.54) is 0 Å². The molecule has 0 aromatic heterocycles. The Balaban J connectivity index is 2.21. The van der Waals surface area contributed by atoms with Crippen molar-refractivity contribution in [1.82, 2.24) is 4.90 Å². The number of rotatable bonds is 0. The molecule has 0 aromatic carbocycles. The molecule has 0 radical (unpaired) electrons. The zero-order valence-electron chi connectivity index (χ0n) is 7.21. The number of hydrogen-bond donors (Lipinski definition) is 0. The van der Waals surface area contributed by atoms with Crippen molar-refractivity contribution >= 4 is 0 Å². The van der Waals surface area contributed by atoms with E-state index in [1.807, 2.05) is 0 Å². The topological polar surface area (TPSA) is 12.5 Å². The Morgan fingerprint density at radius 3 is 3.09 bits per heavy atom. The van der Waals surface area contributed by atoms with Crippen LogP contribution in [0.4, 0.5) is 0 Å². The number of allylic oxidation sites excluding steroid dienone is 1. The minimum absolute atomic E-state index is 0.210. The first-order chi connectivity index (χ1) is 5.20. The monoisotopic (exact) mass is 153 g/mol. The van der Waals surface area contributed by atoms with Crippen molar-refractivity contribution in [3.05, 3.63) is 12.3 Å². The van der Waals surface area contributed by atoms with E-state index >= 15 is 0 Å². The lowest BCUT2D eigenvalue weighted by Crippen LogP contribution is -2.41. The molecule has 0 saturated carbocycles. The van der Waals surface area contributed by atoms with Gasteiger partial charge in [0.2, 0.25) is 0 Å². The lowest BCUT2D eigenvalue weighted by atomic mass is 10.0. The highest BCUT2D eigenvalue weighted by Gasteiger charge is 2.38. The van der Waals surface area contributed by atoms with Crippen molar-refractivity contribution in [1.29, 1.82) is 0 Å². The van der Waals surface area contributed by atoms with Crippen molar-refractivity contribution in [2.45, 2.75) is 38.5 Å². The van der Waals surface area contributed by atoms with Crippen LogP contribution in [0.1, 0.15) is 26.7 Å². The second kappa shape index (κ2) is 2.24. The molecule has 2 aliphatic rings. The third-order valence-electron chi connectivity index (χ3n) is 2.48. The van der Waals surface area contributed by atoms with Crippen LogP contribution in [0.2, 0.25) is 0 Å². The Bertz CT molecular complexity index is 186. The van der Waals surface area contributed by atoms with Gasteiger partial charge in [-0.25, -0.2) is 0 Å². The molecule has 1 saturated heterocycles. The molecule has 1 fully saturated rings. The van der Waals surface area contributed by atoms with Crippen LogP contribution in [0.3, 0.4) is 0 Å². The van der Waals surface area contributed by atoms with Gasteiger partial charge in [0.15, 0.2) is 0 Å². The molecule has 0 bridgehead atoms. The number of hydrogen-bond acceptors (Lipinski definition) is 2. The van der Waals surface area contributed by atoms with Crippen LogP contribution in [0.25, 0.3) is 0 Å². The zero-order chi connectivity index (χ0) is 7.90. The van der Waals surface area contributed by atoms with Crippen LogP contribution in [-0.4, -0.2) is 23.3 Å². The van der Waals surface area contributed by atoms with Crippen LogP contribution >= 0.6 is 0 Å². The summed E-state index contributed by atoms with van der Waals surface area (Å²) in [6, 6.07) is 0. The molecule has 2 nitrogen and oxygen atoms in total. The van der Waals surface area contributed by atoms with Crippen molar-refractivity contribution in [2.24, 2.45) is 0 Å². The van der Waals surface area contributed by atoms with Gasteiger partial charge in [-0.05, 0) is 32.9 Å². The normalized spacial score (nSPS) is 34.0. The first kappa shape index (κ1) is 7.17. The number of nitrogens with zero attached hydrogens (tertiary/aromatic N) is 1. The summed E-state index contributed by atoms with van der Waals surface area (Å²) >= 11 is 0. The Hall–Kier alpha value is -0.500. The van der Waals surface area contributed by atoms with Gasteiger partial charge in [-0.2, -0.15) is 0 Å². The lowest BCUT2D eigenvalue weighted by molar-refractivity contribution is 0.0405. The Labute approximate surface area is 67.8 Å². The highest BCUT2D eigenvalue weighted by Crippen LogP contribution is 2.31. The largest absolute Gasteiger partial charge is 0.356 e. The molecule has 0 aromatic rings. The fourth-order valence-electron chi connectivity index (χ4n) is 1.79. The van der Waals surface area contributed by atoms with Gasteiger partial charge < -0.3 is 9.64 Å². The number of ether oxygens (including phenoxy) is 1. The average Bonchev–Trinajstić information content (AvgIpc) is 2.29. The second-order valence-corrected chi connectivity index (χ2v) is 3.95. The quantitative estimate of drug-likeness (QED) is 0.525. The van der Waals surface area contributed by atoms with Crippen molar-refractivity contribution < 1.29 is 4.74 Å². The molecule has 0 spiro atoms. The van der Waals surface area contributed by atoms with Crippen molar-refractivity contribution in [2.75, 3.05) is 6.61 Å². The SMILES string of the molecule is CC1(C)COC2CCC=CN21. The van der Waals surface area contributed by atoms with Gasteiger partial charge in [0.25, 0.3) is 0 Å². The van der Waals surface area contributed by atoms with E-state index in [4.69, 9.17) is 4.74 Å². The summed E-state index contributed by atoms with van der Waals surface area (Å²) in [5.41, 5.74) is 0.210. The van der Waals surface area contributed by atoms with Crippen molar-refractivity contribution in [3.63, 3.8) is 0 Å². The highest BCUT2D eigenvalue weighted by molar-refractivity contribution is 5.01. The number of fused-ring (bicyclic) bond motifs is 1. The van der Waals surface area contributed by atoms with Crippen LogP contribution in [0.5, 0.6) is 0 Å². The molecule has 2 heteroatoms. The van der Waals surface area contributed by atoms with Gasteiger partial charge >= 0.3 is 0 Å².